The van der Waals surface area contributed by atoms with Crippen molar-refractivity contribution in [2.75, 3.05) is 12.9 Å². The van der Waals surface area contributed by atoms with Crippen LogP contribution >= 0.6 is 23.4 Å². The molecule has 0 aliphatic carbocycles. The number of benzene rings is 3. The zero-order valence-corrected chi connectivity index (χ0v) is 19.3. The number of nitrogens with zero attached hydrogens (tertiary/aromatic N) is 3. The number of imidazole rings is 1. The number of phenolic OH excluding ortho intramolecular Hbond substituents is 1. The summed E-state index contributed by atoms with van der Waals surface area (Å²) in [5.74, 6) is 0.268. The number of fused-ring (bicyclic) bond motifs is 1. The van der Waals surface area contributed by atoms with Crippen molar-refractivity contribution in [1.29, 1.82) is 0 Å². The summed E-state index contributed by atoms with van der Waals surface area (Å²) >= 11 is 7.36. The van der Waals surface area contributed by atoms with Crippen molar-refractivity contribution in [3.8, 4) is 11.5 Å². The summed E-state index contributed by atoms with van der Waals surface area (Å²) in [5.41, 5.74) is 6.15. The van der Waals surface area contributed by atoms with Crippen LogP contribution in [-0.2, 0) is 11.3 Å². The lowest BCUT2D eigenvalue weighted by Gasteiger charge is -2.09. The molecule has 2 N–H and O–H groups in total. The average Bonchev–Trinajstić information content (AvgIpc) is 3.17. The number of para-hydroxylation sites is 2. The molecule has 4 rings (SSSR count). The van der Waals surface area contributed by atoms with E-state index in [9.17, 15) is 9.90 Å². The first-order valence-corrected chi connectivity index (χ1v) is 11.4. The third-order valence-electron chi connectivity index (χ3n) is 4.81. The van der Waals surface area contributed by atoms with Gasteiger partial charge in [-0.3, -0.25) is 4.79 Å². The summed E-state index contributed by atoms with van der Waals surface area (Å²) in [5, 5.41) is 15.1. The second kappa shape index (κ2) is 10.4. The van der Waals surface area contributed by atoms with Crippen LogP contribution in [0.1, 0.15) is 11.1 Å². The topological polar surface area (TPSA) is 88.7 Å². The van der Waals surface area contributed by atoms with Gasteiger partial charge in [-0.1, -0.05) is 47.6 Å². The Morgan fingerprint density at radius 1 is 1.21 bits per heavy atom. The second-order valence-corrected chi connectivity index (χ2v) is 8.49. The lowest BCUT2D eigenvalue weighted by molar-refractivity contribution is -0.118. The number of hydrogen-bond acceptors (Lipinski definition) is 6. The molecular formula is C24H21ClN4O3S. The number of hydrazone groups is 1. The SMILES string of the molecule is COc1cc(/C=N/NC(=O)CSc2nc3ccccc3n2Cc2ccc(Cl)cc2)ccc1O. The monoisotopic (exact) mass is 480 g/mol. The maximum Gasteiger partial charge on any atom is 0.250 e. The van der Waals surface area contributed by atoms with Gasteiger partial charge in [0.05, 0.1) is 36.7 Å². The van der Waals surface area contributed by atoms with E-state index in [0.29, 0.717) is 22.9 Å². The van der Waals surface area contributed by atoms with E-state index in [1.807, 2.05) is 48.5 Å². The summed E-state index contributed by atoms with van der Waals surface area (Å²) in [6.45, 7) is 0.614. The Labute approximate surface area is 200 Å². The van der Waals surface area contributed by atoms with E-state index < -0.39 is 0 Å². The largest absolute Gasteiger partial charge is 0.504 e. The van der Waals surface area contributed by atoms with Gasteiger partial charge in [0.25, 0.3) is 5.91 Å². The van der Waals surface area contributed by atoms with Crippen LogP contribution < -0.4 is 10.2 Å². The Hall–Kier alpha value is -3.49. The van der Waals surface area contributed by atoms with Crippen molar-refractivity contribution in [3.05, 3.63) is 82.9 Å². The molecule has 3 aromatic carbocycles. The summed E-state index contributed by atoms with van der Waals surface area (Å²) < 4.78 is 7.15. The molecule has 0 aliphatic heterocycles. The number of carbonyl (C=O) groups is 1. The minimum absolute atomic E-state index is 0.0385. The van der Waals surface area contributed by atoms with Gasteiger partial charge in [0, 0.05) is 5.02 Å². The molecule has 0 spiro atoms. The van der Waals surface area contributed by atoms with Crippen LogP contribution in [0.5, 0.6) is 11.5 Å². The number of nitrogens with one attached hydrogen (secondary N) is 1. The Bertz CT molecular complexity index is 1310. The molecular weight excluding hydrogens is 460 g/mol. The predicted molar refractivity (Wildman–Crippen MR) is 131 cm³/mol. The first kappa shape index (κ1) is 22.7. The summed E-state index contributed by atoms with van der Waals surface area (Å²) in [7, 11) is 1.47. The number of halogens is 1. The molecule has 1 aromatic heterocycles. The van der Waals surface area contributed by atoms with Crippen LogP contribution in [-0.4, -0.2) is 39.6 Å². The molecule has 33 heavy (non-hydrogen) atoms. The maximum atomic E-state index is 12.3. The maximum absolute atomic E-state index is 12.3. The fourth-order valence-corrected chi connectivity index (χ4v) is 4.14. The number of amides is 1. The number of rotatable bonds is 8. The first-order chi connectivity index (χ1) is 16.0. The van der Waals surface area contributed by atoms with Gasteiger partial charge in [-0.15, -0.1) is 0 Å². The fourth-order valence-electron chi connectivity index (χ4n) is 3.20. The molecule has 7 nitrogen and oxygen atoms in total. The van der Waals surface area contributed by atoms with Gasteiger partial charge in [0.2, 0.25) is 0 Å². The molecule has 0 unspecified atom stereocenters. The van der Waals surface area contributed by atoms with Crippen LogP contribution in [0.15, 0.2) is 77.0 Å². The lowest BCUT2D eigenvalue weighted by Crippen LogP contribution is -2.20. The van der Waals surface area contributed by atoms with Gasteiger partial charge in [-0.05, 0) is 53.6 Å². The van der Waals surface area contributed by atoms with Gasteiger partial charge < -0.3 is 14.4 Å². The fraction of sp³-hybridized carbons (Fsp3) is 0.125. The van der Waals surface area contributed by atoms with Crippen LogP contribution in [0.4, 0.5) is 0 Å². The van der Waals surface area contributed by atoms with E-state index in [2.05, 4.69) is 15.1 Å². The molecule has 0 fully saturated rings. The van der Waals surface area contributed by atoms with Gasteiger partial charge >= 0.3 is 0 Å². The molecule has 0 atom stereocenters. The van der Waals surface area contributed by atoms with Crippen molar-refractivity contribution in [2.24, 2.45) is 5.10 Å². The minimum atomic E-state index is -0.257. The van der Waals surface area contributed by atoms with Crippen LogP contribution in [0.3, 0.4) is 0 Å². The summed E-state index contributed by atoms with van der Waals surface area (Å²) in [6, 6.07) is 20.3. The van der Waals surface area contributed by atoms with Gasteiger partial charge in [0.1, 0.15) is 0 Å². The smallest absolute Gasteiger partial charge is 0.250 e. The highest BCUT2D eigenvalue weighted by Gasteiger charge is 2.13. The van der Waals surface area contributed by atoms with Crippen molar-refractivity contribution in [1.82, 2.24) is 15.0 Å². The van der Waals surface area contributed by atoms with Crippen molar-refractivity contribution >= 4 is 46.5 Å². The average molecular weight is 481 g/mol. The zero-order chi connectivity index (χ0) is 23.2. The highest BCUT2D eigenvalue weighted by molar-refractivity contribution is 7.99. The lowest BCUT2D eigenvalue weighted by atomic mass is 10.2. The molecule has 0 aliphatic rings. The molecule has 168 valence electrons. The van der Waals surface area contributed by atoms with E-state index >= 15 is 0 Å². The van der Waals surface area contributed by atoms with Crippen LogP contribution in [0.2, 0.25) is 5.02 Å². The molecule has 1 heterocycles. The highest BCUT2D eigenvalue weighted by Crippen LogP contribution is 2.26. The molecule has 4 aromatic rings. The van der Waals surface area contributed by atoms with Crippen LogP contribution in [0, 0.1) is 0 Å². The number of hydrogen-bond donors (Lipinski definition) is 2. The molecule has 0 saturated heterocycles. The predicted octanol–water partition coefficient (Wildman–Crippen LogP) is 4.69. The van der Waals surface area contributed by atoms with Gasteiger partial charge in [-0.25, -0.2) is 10.4 Å². The summed E-state index contributed by atoms with van der Waals surface area (Å²) in [6.07, 6.45) is 1.49. The molecule has 9 heteroatoms. The number of aromatic hydroxyl groups is 1. The molecule has 0 radical (unpaired) electrons. The number of methoxy groups -OCH3 is 1. The Kier molecular flexibility index (Phi) is 7.16. The van der Waals surface area contributed by atoms with E-state index in [1.165, 1.54) is 31.2 Å². The van der Waals surface area contributed by atoms with Crippen molar-refractivity contribution in [3.63, 3.8) is 0 Å². The molecule has 0 saturated carbocycles. The minimum Gasteiger partial charge on any atom is -0.504 e. The van der Waals surface area contributed by atoms with Gasteiger partial charge in [0.15, 0.2) is 16.7 Å². The summed E-state index contributed by atoms with van der Waals surface area (Å²) in [4.78, 5) is 17.0. The van der Waals surface area contributed by atoms with E-state index in [-0.39, 0.29) is 17.4 Å². The normalized spacial score (nSPS) is 11.2. The van der Waals surface area contributed by atoms with Crippen molar-refractivity contribution in [2.45, 2.75) is 11.7 Å². The third kappa shape index (κ3) is 5.66. The third-order valence-corrected chi connectivity index (χ3v) is 6.04. The number of phenols is 1. The van der Waals surface area contributed by atoms with E-state index in [4.69, 9.17) is 21.3 Å². The van der Waals surface area contributed by atoms with Gasteiger partial charge in [-0.2, -0.15) is 5.10 Å². The molecule has 0 bridgehead atoms. The Balaban J connectivity index is 1.43. The standard InChI is InChI=1S/C24H21ClN4O3S/c1-32-22-12-17(8-11-21(22)30)13-26-28-23(31)15-33-24-27-19-4-2-3-5-20(19)29(24)14-16-6-9-18(25)10-7-16/h2-13,30H,14-15H2,1H3,(H,28,31)/b26-13+. The molecule has 1 amide bonds. The number of carbonyl (C=O) groups excluding carboxylic acids is 1. The Morgan fingerprint density at radius 2 is 2.00 bits per heavy atom. The Morgan fingerprint density at radius 3 is 2.79 bits per heavy atom. The highest BCUT2D eigenvalue weighted by atomic mass is 35.5. The first-order valence-electron chi connectivity index (χ1n) is 10.0. The van der Waals surface area contributed by atoms with E-state index in [0.717, 1.165) is 21.8 Å². The zero-order valence-electron chi connectivity index (χ0n) is 17.7. The quantitative estimate of drug-likeness (QED) is 0.217. The van der Waals surface area contributed by atoms with Crippen LogP contribution in [0.25, 0.3) is 11.0 Å². The second-order valence-electron chi connectivity index (χ2n) is 7.11. The van der Waals surface area contributed by atoms with Crippen molar-refractivity contribution < 1.29 is 14.6 Å². The number of ether oxygens (including phenoxy) is 1. The number of aromatic nitrogens is 2. The van der Waals surface area contributed by atoms with E-state index in [1.54, 1.807) is 12.1 Å². The number of thioether (sulfide) groups is 1.